The van der Waals surface area contributed by atoms with Gasteiger partial charge in [-0.1, -0.05) is 19.3 Å². The van der Waals surface area contributed by atoms with Gasteiger partial charge in [-0.2, -0.15) is 0 Å². The third-order valence-corrected chi connectivity index (χ3v) is 6.74. The first-order valence-electron chi connectivity index (χ1n) is 9.66. The molecule has 1 saturated carbocycles. The number of anilines is 1. The van der Waals surface area contributed by atoms with E-state index in [1.807, 2.05) is 6.92 Å². The summed E-state index contributed by atoms with van der Waals surface area (Å²) in [6.45, 7) is 1.96. The topological polar surface area (TPSA) is 88.8 Å². The van der Waals surface area contributed by atoms with Crippen molar-refractivity contribution in [1.29, 1.82) is 0 Å². The predicted molar refractivity (Wildman–Crippen MR) is 101 cm³/mol. The van der Waals surface area contributed by atoms with E-state index in [2.05, 4.69) is 10.6 Å². The minimum atomic E-state index is -0.425. The van der Waals surface area contributed by atoms with Crippen LogP contribution in [-0.4, -0.2) is 23.9 Å². The zero-order valence-corrected chi connectivity index (χ0v) is 15.9. The van der Waals surface area contributed by atoms with E-state index >= 15 is 0 Å². The fraction of sp³-hybridized carbons (Fsp3) is 0.684. The van der Waals surface area contributed by atoms with Crippen molar-refractivity contribution < 1.29 is 14.9 Å². The Morgan fingerprint density at radius 3 is 2.48 bits per heavy atom. The van der Waals surface area contributed by atoms with Crippen molar-refractivity contribution in [3.8, 4) is 0 Å². The molecule has 2 aliphatic rings. The number of nitrogens with two attached hydrogens (primary N) is 2. The average Bonchev–Trinajstić information content (AvgIpc) is 3.09. The highest BCUT2D eigenvalue weighted by Gasteiger charge is 2.28. The molecule has 5 N–H and O–H groups in total. The Balaban J connectivity index is 1.62. The van der Waals surface area contributed by atoms with Gasteiger partial charge in [0.05, 0.1) is 11.6 Å². The second kappa shape index (κ2) is 8.32. The Hall–Kier alpha value is -1.40. The first-order valence-corrected chi connectivity index (χ1v) is 10.5. The second-order valence-electron chi connectivity index (χ2n) is 7.50. The summed E-state index contributed by atoms with van der Waals surface area (Å²) in [4.78, 5) is 25.7. The molecule has 138 valence electrons. The van der Waals surface area contributed by atoms with Gasteiger partial charge < -0.3 is 16.4 Å². The van der Waals surface area contributed by atoms with Crippen LogP contribution in [0.25, 0.3) is 0 Å². The van der Waals surface area contributed by atoms with Gasteiger partial charge in [-0.25, -0.2) is 0 Å². The van der Waals surface area contributed by atoms with Gasteiger partial charge in [0, 0.05) is 4.88 Å². The fourth-order valence-electron chi connectivity index (χ4n) is 4.15. The number of hydrogen-bond donors (Lipinski definition) is 3. The molecular weight excluding hydrogens is 334 g/mol. The summed E-state index contributed by atoms with van der Waals surface area (Å²) in [6, 6.07) is 0.382. The van der Waals surface area contributed by atoms with Gasteiger partial charge in [-0.05, 0) is 57.4 Å². The van der Waals surface area contributed by atoms with Crippen LogP contribution in [0.5, 0.6) is 0 Å². The molecular formula is C19H30N3O2S+. The molecule has 0 saturated heterocycles. The summed E-state index contributed by atoms with van der Waals surface area (Å²) in [7, 11) is 0. The number of carbonyl (C=O) groups is 2. The first kappa shape index (κ1) is 18.4. The standard InChI is InChI=1S/C19H29N3O2S/c1-12(21-13-8-5-3-2-4-6-9-13)18(24)22-19-16(17(20)23)14-10-7-11-15(14)25-19/h12-13,21H,2-11H2,1H3,(H2,20,23)(H,22,24)/p+1/t12-/m0/s1. The lowest BCUT2D eigenvalue weighted by Crippen LogP contribution is -2.96. The summed E-state index contributed by atoms with van der Waals surface area (Å²) < 4.78 is 0. The fourth-order valence-corrected chi connectivity index (χ4v) is 5.45. The third-order valence-electron chi connectivity index (χ3n) is 5.53. The minimum Gasteiger partial charge on any atom is -0.365 e. The molecule has 6 heteroatoms. The van der Waals surface area contributed by atoms with Gasteiger partial charge in [0.25, 0.3) is 11.8 Å². The SMILES string of the molecule is C[C@H]([NH2+]C1CCCCCCC1)C(=O)Nc1sc2c(c1C(N)=O)CCC2. The van der Waals surface area contributed by atoms with E-state index in [4.69, 9.17) is 5.73 Å². The van der Waals surface area contributed by atoms with Gasteiger partial charge in [-0.3, -0.25) is 9.59 Å². The average molecular weight is 365 g/mol. The van der Waals surface area contributed by atoms with Crippen LogP contribution < -0.4 is 16.4 Å². The maximum Gasteiger partial charge on any atom is 0.282 e. The molecule has 1 atom stereocenters. The number of nitrogens with one attached hydrogen (secondary N) is 1. The van der Waals surface area contributed by atoms with Crippen LogP contribution in [-0.2, 0) is 17.6 Å². The van der Waals surface area contributed by atoms with Crippen LogP contribution in [0.2, 0.25) is 0 Å². The molecule has 5 nitrogen and oxygen atoms in total. The van der Waals surface area contributed by atoms with E-state index < -0.39 is 5.91 Å². The molecule has 0 spiro atoms. The summed E-state index contributed by atoms with van der Waals surface area (Å²) in [5, 5.41) is 5.85. The lowest BCUT2D eigenvalue weighted by Gasteiger charge is -2.21. The van der Waals surface area contributed by atoms with Crippen molar-refractivity contribution in [2.24, 2.45) is 5.73 Å². The molecule has 2 amide bonds. The lowest BCUT2D eigenvalue weighted by molar-refractivity contribution is -0.707. The number of aryl methyl sites for hydroxylation is 1. The van der Waals surface area contributed by atoms with E-state index in [-0.39, 0.29) is 11.9 Å². The first-order chi connectivity index (χ1) is 12.1. The normalized spacial score (nSPS) is 19.7. The van der Waals surface area contributed by atoms with Crippen LogP contribution in [0, 0.1) is 0 Å². The maximum absolute atomic E-state index is 12.7. The summed E-state index contributed by atoms with van der Waals surface area (Å²) >= 11 is 1.53. The molecule has 1 fully saturated rings. The number of carbonyl (C=O) groups excluding carboxylic acids is 2. The van der Waals surface area contributed by atoms with Crippen LogP contribution in [0.15, 0.2) is 0 Å². The molecule has 0 aliphatic heterocycles. The van der Waals surface area contributed by atoms with Crippen molar-refractivity contribution in [2.45, 2.75) is 83.2 Å². The van der Waals surface area contributed by atoms with Gasteiger partial charge in [0.15, 0.2) is 6.04 Å². The Morgan fingerprint density at radius 1 is 1.12 bits per heavy atom. The largest absolute Gasteiger partial charge is 0.365 e. The van der Waals surface area contributed by atoms with E-state index in [0.717, 1.165) is 24.8 Å². The molecule has 0 aromatic carbocycles. The third kappa shape index (κ3) is 4.42. The number of amides is 2. The second-order valence-corrected chi connectivity index (χ2v) is 8.61. The van der Waals surface area contributed by atoms with E-state index in [0.29, 0.717) is 16.6 Å². The Morgan fingerprint density at radius 2 is 1.80 bits per heavy atom. The molecule has 0 unspecified atom stereocenters. The van der Waals surface area contributed by atoms with E-state index in [9.17, 15) is 9.59 Å². The van der Waals surface area contributed by atoms with Gasteiger partial charge in [0.1, 0.15) is 5.00 Å². The number of rotatable bonds is 5. The minimum absolute atomic E-state index is 0.0236. The van der Waals surface area contributed by atoms with Gasteiger partial charge in [-0.15, -0.1) is 11.3 Å². The number of thiophene rings is 1. The monoisotopic (exact) mass is 364 g/mol. The predicted octanol–water partition coefficient (Wildman–Crippen LogP) is 2.34. The van der Waals surface area contributed by atoms with Crippen molar-refractivity contribution in [2.75, 3.05) is 5.32 Å². The quantitative estimate of drug-likeness (QED) is 0.749. The highest BCUT2D eigenvalue weighted by atomic mass is 32.1. The highest BCUT2D eigenvalue weighted by molar-refractivity contribution is 7.17. The van der Waals surface area contributed by atoms with Crippen molar-refractivity contribution in [1.82, 2.24) is 0 Å². The Kier molecular flexibility index (Phi) is 6.12. The number of fused-ring (bicyclic) bond motifs is 1. The van der Waals surface area contributed by atoms with Crippen LogP contribution in [0.3, 0.4) is 0 Å². The van der Waals surface area contributed by atoms with Gasteiger partial charge in [0.2, 0.25) is 0 Å². The molecule has 0 radical (unpaired) electrons. The lowest BCUT2D eigenvalue weighted by atomic mass is 9.96. The molecule has 0 bridgehead atoms. The summed E-state index contributed by atoms with van der Waals surface area (Å²) in [6.07, 6.45) is 11.8. The zero-order chi connectivity index (χ0) is 17.8. The van der Waals surface area contributed by atoms with Crippen LogP contribution >= 0.6 is 11.3 Å². The highest BCUT2D eigenvalue weighted by Crippen LogP contribution is 2.38. The molecule has 2 aliphatic carbocycles. The smallest absolute Gasteiger partial charge is 0.282 e. The van der Waals surface area contributed by atoms with E-state index in [1.165, 1.54) is 61.2 Å². The summed E-state index contributed by atoms with van der Waals surface area (Å²) in [5.74, 6) is -0.448. The molecule has 3 rings (SSSR count). The van der Waals surface area contributed by atoms with Crippen molar-refractivity contribution >= 4 is 28.2 Å². The molecule has 1 heterocycles. The zero-order valence-electron chi connectivity index (χ0n) is 15.1. The van der Waals surface area contributed by atoms with Gasteiger partial charge >= 0.3 is 0 Å². The Bertz CT molecular complexity index is 633. The van der Waals surface area contributed by atoms with Crippen LogP contribution in [0.1, 0.15) is 79.1 Å². The van der Waals surface area contributed by atoms with Crippen molar-refractivity contribution in [3.63, 3.8) is 0 Å². The molecule has 1 aromatic heterocycles. The number of quaternary nitrogens is 1. The number of hydrogen-bond acceptors (Lipinski definition) is 3. The molecule has 25 heavy (non-hydrogen) atoms. The summed E-state index contributed by atoms with van der Waals surface area (Å²) in [5.41, 5.74) is 7.18. The van der Waals surface area contributed by atoms with Crippen LogP contribution in [0.4, 0.5) is 5.00 Å². The maximum atomic E-state index is 12.7. The number of primary amides is 1. The molecule has 1 aromatic rings. The van der Waals surface area contributed by atoms with Crippen molar-refractivity contribution in [3.05, 3.63) is 16.0 Å². The van der Waals surface area contributed by atoms with E-state index in [1.54, 1.807) is 0 Å². The Labute approximate surface area is 153 Å².